The normalized spacial score (nSPS) is 29.6. The largest absolute Gasteiger partial charge is 0.397 e. The zero-order valence-electron chi connectivity index (χ0n) is 39.7. The summed E-state index contributed by atoms with van der Waals surface area (Å²) in [7, 11) is -29.5. The molecule has 42 heteroatoms. The number of rotatable bonds is 27. The molecule has 12 atom stereocenters. The third-order valence-electron chi connectivity index (χ3n) is 11.7. The molecule has 36 nitrogen and oxygen atoms in total. The molecule has 0 bridgehead atoms. The first-order valence-electron chi connectivity index (χ1n) is 22.4. The minimum Gasteiger partial charge on any atom is -0.348 e. The summed E-state index contributed by atoms with van der Waals surface area (Å²) >= 11 is 0. The fourth-order valence-corrected chi connectivity index (χ4v) is 11.7. The summed E-state index contributed by atoms with van der Waals surface area (Å²) in [5.74, 6) is 0. The van der Waals surface area contributed by atoms with Gasteiger partial charge in [-0.15, -0.1) is 10.2 Å². The van der Waals surface area contributed by atoms with Crippen molar-refractivity contribution in [2.45, 2.75) is 152 Å². The Hall–Kier alpha value is -3.00. The van der Waals surface area contributed by atoms with E-state index in [-0.39, 0.29) is 49.8 Å². The van der Waals surface area contributed by atoms with Crippen molar-refractivity contribution in [3.8, 4) is 0 Å². The van der Waals surface area contributed by atoms with Crippen LogP contribution >= 0.6 is 0 Å². The van der Waals surface area contributed by atoms with Crippen molar-refractivity contribution < 1.29 is 127 Å². The molecule has 3 fully saturated rings. The van der Waals surface area contributed by atoms with Crippen molar-refractivity contribution in [2.75, 3.05) is 19.8 Å². The van der Waals surface area contributed by atoms with E-state index in [1.54, 1.807) is 17.9 Å². The zero-order chi connectivity index (χ0) is 56.0. The van der Waals surface area contributed by atoms with Crippen LogP contribution in [0, 0.1) is 0 Å². The number of nitrogens with zero attached hydrogens (tertiary/aromatic N) is 7. The molecule has 4 aliphatic rings. The molecular formula is C34H55N7O29S6. The van der Waals surface area contributed by atoms with E-state index in [0.29, 0.717) is 23.7 Å². The van der Waals surface area contributed by atoms with Gasteiger partial charge in [0.05, 0.1) is 74.8 Å². The van der Waals surface area contributed by atoms with Gasteiger partial charge in [-0.1, -0.05) is 16.5 Å². The maximum absolute atomic E-state index is 13.0. The lowest BCUT2D eigenvalue weighted by atomic mass is 9.91. The summed E-state index contributed by atoms with van der Waals surface area (Å²) in [6, 6.07) is -3.14. The van der Waals surface area contributed by atoms with E-state index in [2.05, 4.69) is 33.2 Å². The summed E-state index contributed by atoms with van der Waals surface area (Å²) in [5, 5.41) is 15.9. The fourth-order valence-electron chi connectivity index (χ4n) is 8.68. The van der Waals surface area contributed by atoms with Crippen molar-refractivity contribution in [1.29, 1.82) is 0 Å². The fraction of sp³-hybridized carbons (Fsp3) is 0.824. The Morgan fingerprint density at radius 3 is 1.83 bits per heavy atom. The second kappa shape index (κ2) is 25.6. The van der Waals surface area contributed by atoms with Gasteiger partial charge < -0.3 is 28.4 Å². The van der Waals surface area contributed by atoms with Crippen molar-refractivity contribution >= 4 is 62.3 Å². The Morgan fingerprint density at radius 1 is 0.645 bits per heavy atom. The Morgan fingerprint density at radius 2 is 1.24 bits per heavy atom. The predicted octanol–water partition coefficient (Wildman–Crippen LogP) is -2.13. The molecule has 4 unspecified atom stereocenters. The van der Waals surface area contributed by atoms with E-state index >= 15 is 0 Å². The third kappa shape index (κ3) is 20.3. The van der Waals surface area contributed by atoms with Gasteiger partial charge in [0.15, 0.2) is 18.9 Å². The van der Waals surface area contributed by atoms with Crippen LogP contribution in [0.15, 0.2) is 24.0 Å². The van der Waals surface area contributed by atoms with E-state index in [1.165, 1.54) is 17.8 Å². The van der Waals surface area contributed by atoms with Crippen LogP contribution in [0.25, 0.3) is 0 Å². The van der Waals surface area contributed by atoms with Crippen LogP contribution in [0.3, 0.4) is 0 Å². The zero-order valence-corrected chi connectivity index (χ0v) is 44.6. The third-order valence-corrected chi connectivity index (χ3v) is 15.0. The molecule has 0 aromatic carbocycles. The molecule has 0 amide bonds. The highest BCUT2D eigenvalue weighted by atomic mass is 32.3. The van der Waals surface area contributed by atoms with E-state index in [1.807, 2.05) is 0 Å². The lowest BCUT2D eigenvalue weighted by Crippen LogP contribution is -2.59. The molecule has 436 valence electrons. The van der Waals surface area contributed by atoms with E-state index in [4.69, 9.17) is 41.3 Å². The number of aromatic nitrogens is 6. The first-order chi connectivity index (χ1) is 35.1. The first-order valence-corrected chi connectivity index (χ1v) is 30.6. The summed E-state index contributed by atoms with van der Waals surface area (Å²) in [5.41, 5.74) is 0.958. The molecule has 6 N–H and O–H groups in total. The van der Waals surface area contributed by atoms with Crippen LogP contribution < -0.4 is 0 Å². The van der Waals surface area contributed by atoms with Crippen LogP contribution in [0.4, 0.5) is 0 Å². The smallest absolute Gasteiger partial charge is 0.348 e. The van der Waals surface area contributed by atoms with Gasteiger partial charge in [0.1, 0.15) is 24.0 Å². The average molecular weight is 1220 g/mol. The van der Waals surface area contributed by atoms with Gasteiger partial charge in [0, 0.05) is 39.1 Å². The molecule has 6 rings (SSSR count). The van der Waals surface area contributed by atoms with Crippen LogP contribution in [0.5, 0.6) is 0 Å². The van der Waals surface area contributed by atoms with E-state index < -0.39 is 169 Å². The minimum atomic E-state index is -5.35. The molecule has 3 aliphatic heterocycles. The lowest BCUT2D eigenvalue weighted by Gasteiger charge is -2.45. The van der Waals surface area contributed by atoms with Gasteiger partial charge in [0.2, 0.25) is 0 Å². The van der Waals surface area contributed by atoms with Gasteiger partial charge in [0.25, 0.3) is 0 Å². The Kier molecular flexibility index (Phi) is 21.0. The summed E-state index contributed by atoms with van der Waals surface area (Å²) in [4.78, 5) is 0. The highest BCUT2D eigenvalue weighted by Gasteiger charge is 2.49. The maximum Gasteiger partial charge on any atom is 0.397 e. The molecule has 76 heavy (non-hydrogen) atoms. The number of hydrogen-bond donors (Lipinski definition) is 6. The average Bonchev–Trinajstić information content (AvgIpc) is 3.92. The van der Waals surface area contributed by atoms with Crippen LogP contribution in [0.2, 0.25) is 0 Å². The van der Waals surface area contributed by atoms with Crippen molar-refractivity contribution in [1.82, 2.24) is 34.3 Å². The monoisotopic (exact) mass is 1220 g/mol. The SMILES string of the molecule is CC1O[C@H](O[C@H]2CC[C@@H](O[C@H]3CC(OS(=O)(=O)O)[C@H](OCc4cn(CCCc5cn(C)nn5)nn4)OC3COS(=O)(=O)O)OC2COS(=O)(=O)O)CC[C@@H]1N([C@H]1C=C(COS(=O)(=O)O)CC[C@H]1OS(=O)(=O)O)S(=O)(=O)O. The van der Waals surface area contributed by atoms with E-state index in [0.717, 1.165) is 11.8 Å². The molecule has 1 aliphatic carbocycles. The first kappa shape index (κ1) is 62.2. The Balaban J connectivity index is 1.14. The molecule has 2 aromatic heterocycles. The second-order valence-electron chi connectivity index (χ2n) is 17.4. The predicted molar refractivity (Wildman–Crippen MR) is 242 cm³/mol. The number of ether oxygens (including phenoxy) is 6. The molecular weight excluding hydrogens is 1160 g/mol. The van der Waals surface area contributed by atoms with Gasteiger partial charge >= 0.3 is 62.3 Å². The van der Waals surface area contributed by atoms with Crippen molar-refractivity contribution in [2.24, 2.45) is 7.05 Å². The molecule has 5 heterocycles. The number of hydrogen-bond acceptors (Lipinski definition) is 27. The van der Waals surface area contributed by atoms with E-state index in [9.17, 15) is 73.3 Å². The quantitative estimate of drug-likeness (QED) is 0.0411. The maximum atomic E-state index is 13.0. The lowest BCUT2D eigenvalue weighted by molar-refractivity contribution is -0.320. The number of aryl methyl sites for hydroxylation is 3. The Labute approximate surface area is 435 Å². The molecule has 2 aromatic rings. The van der Waals surface area contributed by atoms with Crippen LogP contribution in [-0.2, 0) is 138 Å². The van der Waals surface area contributed by atoms with Crippen LogP contribution in [-0.4, -0.2) is 206 Å². The van der Waals surface area contributed by atoms with Gasteiger partial charge in [-0.25, -0.2) is 20.9 Å². The highest BCUT2D eigenvalue weighted by Crippen LogP contribution is 2.37. The van der Waals surface area contributed by atoms with Crippen LogP contribution in [0.1, 0.15) is 69.7 Å². The van der Waals surface area contributed by atoms with Crippen molar-refractivity contribution in [3.05, 3.63) is 35.4 Å². The molecule has 0 saturated carbocycles. The van der Waals surface area contributed by atoms with Crippen molar-refractivity contribution in [3.63, 3.8) is 0 Å². The molecule has 0 radical (unpaired) electrons. The summed E-state index contributed by atoms with van der Waals surface area (Å²) in [6.07, 6.45) is -11.5. The second-order valence-corrected chi connectivity index (χ2v) is 24.1. The summed E-state index contributed by atoms with van der Waals surface area (Å²) < 4.78 is 263. The van der Waals surface area contributed by atoms with Gasteiger partial charge in [-0.2, -0.15) is 54.8 Å². The molecule has 0 spiro atoms. The Bertz CT molecular complexity index is 3000. The summed E-state index contributed by atoms with van der Waals surface area (Å²) in [6.45, 7) is -1.48. The minimum absolute atomic E-state index is 0.00782. The van der Waals surface area contributed by atoms with Gasteiger partial charge in [-0.3, -0.25) is 36.7 Å². The van der Waals surface area contributed by atoms with Gasteiger partial charge in [-0.05, 0) is 51.0 Å². The standard InChI is InChI=1S/C34H55N7O29S6/c1-20-24(41(71(42,43)44)25-12-21(16-61-72(45,46)47)5-7-26(25)69-75(54,55)56)6-9-32(64-20)65-27-8-10-33(67-30(27)18-62-73(48,49)50)66-28-13-29(70-76(57,58)59)34(68-31(28)19-63-74(51,52)53)60-17-23-15-40(38-36-23)11-3-4-22-14-39(2)37-35-22/h12,14-15,20,24-34H,3-11,13,16-19H2,1-2H3,(H,42,43,44)(H,45,46,47)(H,48,49,50)(H,51,52,53)(H,54,55,56)(H,57,58,59)/t20?,24-,25-,26+,27-,28-,29?,30?,31?,32+,33-,34+/m0/s1. The molecule has 3 saturated heterocycles. The topological polar surface area (TPSA) is 492 Å². The highest BCUT2D eigenvalue weighted by molar-refractivity contribution is 7.83.